The number of allylic oxidation sites excluding steroid dienone is 1. The topological polar surface area (TPSA) is 117 Å². The summed E-state index contributed by atoms with van der Waals surface area (Å²) in [6.07, 6.45) is 1.18. The van der Waals surface area contributed by atoms with E-state index in [9.17, 15) is 19.2 Å². The van der Waals surface area contributed by atoms with Gasteiger partial charge in [-0.25, -0.2) is 9.79 Å². The number of amides is 1. The zero-order valence-electron chi connectivity index (χ0n) is 24.1. The molecule has 0 unspecified atom stereocenters. The summed E-state index contributed by atoms with van der Waals surface area (Å²) in [5, 5.41) is 0. The van der Waals surface area contributed by atoms with Gasteiger partial charge in [-0.3, -0.25) is 23.9 Å². The van der Waals surface area contributed by atoms with Crippen LogP contribution in [0.3, 0.4) is 0 Å². The van der Waals surface area contributed by atoms with Gasteiger partial charge >= 0.3 is 11.9 Å². The summed E-state index contributed by atoms with van der Waals surface area (Å²) in [5.41, 5.74) is 2.18. The van der Waals surface area contributed by atoms with Crippen molar-refractivity contribution >= 4 is 56.4 Å². The zero-order chi connectivity index (χ0) is 30.8. The van der Waals surface area contributed by atoms with E-state index in [0.717, 1.165) is 11.3 Å². The second-order valence-corrected chi connectivity index (χ2v) is 11.5. The summed E-state index contributed by atoms with van der Waals surface area (Å²) in [6.45, 7) is 5.43. The van der Waals surface area contributed by atoms with Gasteiger partial charge in [-0.05, 0) is 60.0 Å². The van der Waals surface area contributed by atoms with Crippen molar-refractivity contribution < 1.29 is 28.6 Å². The Balaban J connectivity index is 1.80. The number of para-hydroxylation sites is 1. The molecule has 2 aliphatic rings. The molecule has 0 aliphatic carbocycles. The number of halogens is 1. The first kappa shape index (κ1) is 30.4. The van der Waals surface area contributed by atoms with E-state index in [1.54, 1.807) is 63.4 Å². The van der Waals surface area contributed by atoms with E-state index in [4.69, 9.17) is 19.2 Å². The monoisotopic (exact) mass is 667 g/mol. The molecular weight excluding hydrogens is 638 g/mol. The molecule has 0 radical (unpaired) electrons. The van der Waals surface area contributed by atoms with E-state index in [-0.39, 0.29) is 35.4 Å². The van der Waals surface area contributed by atoms with Gasteiger partial charge in [0.2, 0.25) is 0 Å². The average Bonchev–Trinajstić information content (AvgIpc) is 3.45. The lowest BCUT2D eigenvalue weighted by molar-refractivity contribution is -0.142. The molecule has 1 atom stereocenters. The van der Waals surface area contributed by atoms with Crippen molar-refractivity contribution in [1.82, 2.24) is 4.57 Å². The van der Waals surface area contributed by atoms with E-state index >= 15 is 0 Å². The predicted molar refractivity (Wildman–Crippen MR) is 165 cm³/mol. The van der Waals surface area contributed by atoms with Crippen molar-refractivity contribution in [3.8, 4) is 5.75 Å². The third-order valence-electron chi connectivity index (χ3n) is 7.10. The molecular formula is C31H30BrN3O7S. The molecule has 0 fully saturated rings. The Labute approximate surface area is 260 Å². The molecule has 0 saturated carbocycles. The Kier molecular flexibility index (Phi) is 8.97. The van der Waals surface area contributed by atoms with Crippen molar-refractivity contribution in [2.75, 3.05) is 31.8 Å². The Morgan fingerprint density at radius 1 is 1.05 bits per heavy atom. The van der Waals surface area contributed by atoms with E-state index in [1.165, 1.54) is 9.47 Å². The number of hydrogen-bond donors (Lipinski definition) is 0. The van der Waals surface area contributed by atoms with Crippen molar-refractivity contribution in [3.05, 3.63) is 89.0 Å². The molecule has 5 rings (SSSR count). The van der Waals surface area contributed by atoms with Crippen molar-refractivity contribution in [2.24, 2.45) is 4.99 Å². The summed E-state index contributed by atoms with van der Waals surface area (Å²) >= 11 is 4.62. The summed E-state index contributed by atoms with van der Waals surface area (Å²) < 4.78 is 18.2. The number of methoxy groups -OCH3 is 1. The van der Waals surface area contributed by atoms with Crippen LogP contribution in [0.5, 0.6) is 5.75 Å². The van der Waals surface area contributed by atoms with Crippen LogP contribution in [-0.4, -0.2) is 49.3 Å². The summed E-state index contributed by atoms with van der Waals surface area (Å²) in [6, 6.07) is 11.5. The number of aromatic nitrogens is 1. The third-order valence-corrected chi connectivity index (χ3v) is 8.78. The highest BCUT2D eigenvalue weighted by molar-refractivity contribution is 9.10. The summed E-state index contributed by atoms with van der Waals surface area (Å²) in [4.78, 5) is 60.6. The molecule has 43 heavy (non-hydrogen) atoms. The van der Waals surface area contributed by atoms with Crippen molar-refractivity contribution in [2.45, 2.75) is 39.7 Å². The van der Waals surface area contributed by atoms with Crippen LogP contribution >= 0.6 is 27.3 Å². The maximum Gasteiger partial charge on any atom is 0.338 e. The van der Waals surface area contributed by atoms with E-state index in [1.807, 2.05) is 6.92 Å². The molecule has 224 valence electrons. The number of benzene rings is 2. The number of hydrogen-bond acceptors (Lipinski definition) is 9. The zero-order valence-corrected chi connectivity index (χ0v) is 26.5. The number of ether oxygens (including phenoxy) is 3. The lowest BCUT2D eigenvalue weighted by Crippen LogP contribution is -2.41. The number of anilines is 1. The van der Waals surface area contributed by atoms with Crippen LogP contribution in [0, 0.1) is 0 Å². The number of carbonyl (C=O) groups is 3. The van der Waals surface area contributed by atoms with Crippen LogP contribution in [0.4, 0.5) is 5.69 Å². The van der Waals surface area contributed by atoms with Crippen molar-refractivity contribution in [1.29, 1.82) is 0 Å². The van der Waals surface area contributed by atoms with Crippen LogP contribution in [0.2, 0.25) is 0 Å². The number of carbonyl (C=O) groups excluding carboxylic acids is 3. The first-order chi connectivity index (χ1) is 20.7. The fourth-order valence-electron chi connectivity index (χ4n) is 5.33. The third kappa shape index (κ3) is 5.45. The lowest BCUT2D eigenvalue weighted by Gasteiger charge is -2.26. The van der Waals surface area contributed by atoms with Gasteiger partial charge < -0.3 is 14.2 Å². The molecule has 12 heteroatoms. The molecule has 2 aromatic carbocycles. The highest BCUT2D eigenvalue weighted by atomic mass is 79.9. The first-order valence-electron chi connectivity index (χ1n) is 13.9. The van der Waals surface area contributed by atoms with Crippen LogP contribution in [0.15, 0.2) is 68.0 Å². The standard InChI is InChI=1S/C31H30BrN3O7S/c1-5-10-20-25(30(39)42-7-3)26(17-13-14-22(40-4)19(32)15-17)35-29(38)27(43-31(35)33-20)24-18-11-8-9-12-21(18)34(28(24)37)16-23(36)41-6-2/h8-9,11-15,26H,5-7,10,16H2,1-4H3/b27-24+/t26-/m1/s1. The minimum absolute atomic E-state index is 0.150. The SMILES string of the molecule is CCCC1=C(C(=O)OCC)[C@@H](c2ccc(OC)c(Br)c2)n2c(s/c(=C3/C(=O)N(CC(=O)OCC)c4ccccc43)c2=O)=N1. The van der Waals surface area contributed by atoms with Gasteiger partial charge in [-0.1, -0.05) is 48.9 Å². The molecule has 0 N–H and O–H groups in total. The second-order valence-electron chi connectivity index (χ2n) is 9.72. The summed E-state index contributed by atoms with van der Waals surface area (Å²) in [7, 11) is 1.55. The van der Waals surface area contributed by atoms with Crippen LogP contribution in [0.25, 0.3) is 5.57 Å². The summed E-state index contributed by atoms with van der Waals surface area (Å²) in [5.74, 6) is -1.01. The maximum absolute atomic E-state index is 14.4. The average molecular weight is 669 g/mol. The highest BCUT2D eigenvalue weighted by Gasteiger charge is 2.38. The number of rotatable bonds is 9. The van der Waals surface area contributed by atoms with Crippen LogP contribution < -0.4 is 24.5 Å². The molecule has 0 spiro atoms. The number of esters is 2. The minimum Gasteiger partial charge on any atom is -0.496 e. The number of fused-ring (bicyclic) bond motifs is 2. The van der Waals surface area contributed by atoms with Gasteiger partial charge in [0.1, 0.15) is 16.8 Å². The highest BCUT2D eigenvalue weighted by Crippen LogP contribution is 2.37. The number of thiazole rings is 1. The second kappa shape index (κ2) is 12.7. The van der Waals surface area contributed by atoms with Crippen molar-refractivity contribution in [3.63, 3.8) is 0 Å². The van der Waals surface area contributed by atoms with E-state index in [0.29, 0.717) is 50.4 Å². The Morgan fingerprint density at radius 3 is 2.47 bits per heavy atom. The quantitative estimate of drug-likeness (QED) is 0.320. The largest absolute Gasteiger partial charge is 0.496 e. The Morgan fingerprint density at radius 2 is 1.79 bits per heavy atom. The molecule has 1 aromatic heterocycles. The molecule has 3 aromatic rings. The molecule has 2 aliphatic heterocycles. The molecule has 3 heterocycles. The lowest BCUT2D eigenvalue weighted by atomic mass is 9.94. The smallest absolute Gasteiger partial charge is 0.338 e. The van der Waals surface area contributed by atoms with Gasteiger partial charge in [0.05, 0.1) is 53.4 Å². The van der Waals surface area contributed by atoms with Crippen LogP contribution in [0.1, 0.15) is 50.8 Å². The van der Waals surface area contributed by atoms with Gasteiger partial charge in [0.15, 0.2) is 4.80 Å². The fourth-order valence-corrected chi connectivity index (χ4v) is 7.00. The minimum atomic E-state index is -0.865. The predicted octanol–water partition coefficient (Wildman–Crippen LogP) is 3.63. The molecule has 0 saturated heterocycles. The number of nitrogens with zero attached hydrogens (tertiary/aromatic N) is 3. The molecule has 0 bridgehead atoms. The van der Waals surface area contributed by atoms with Gasteiger partial charge in [-0.15, -0.1) is 0 Å². The Bertz CT molecular complexity index is 1840. The first-order valence-corrected chi connectivity index (χ1v) is 15.5. The molecule has 1 amide bonds. The van der Waals surface area contributed by atoms with E-state index < -0.39 is 29.4 Å². The molecule has 10 nitrogen and oxygen atoms in total. The maximum atomic E-state index is 14.4. The normalized spacial score (nSPS) is 16.9. The van der Waals surface area contributed by atoms with Gasteiger partial charge in [0.25, 0.3) is 11.5 Å². The van der Waals surface area contributed by atoms with Crippen LogP contribution in [-0.2, 0) is 23.9 Å². The van der Waals surface area contributed by atoms with E-state index in [2.05, 4.69) is 15.9 Å². The van der Waals surface area contributed by atoms with Gasteiger partial charge in [-0.2, -0.15) is 0 Å². The Hall–Kier alpha value is -4.03. The van der Waals surface area contributed by atoms with Gasteiger partial charge in [0, 0.05) is 5.56 Å². The fraction of sp³-hybridized carbons (Fsp3) is 0.323.